The maximum absolute atomic E-state index is 11.8. The van der Waals surface area contributed by atoms with E-state index < -0.39 is 0 Å². The number of hydrogen-bond acceptors (Lipinski definition) is 2. The maximum atomic E-state index is 11.8. The Bertz CT molecular complexity index is 232. The molecule has 3 unspecified atom stereocenters. The van der Waals surface area contributed by atoms with Gasteiger partial charge in [0.05, 0.1) is 6.04 Å². The van der Waals surface area contributed by atoms with E-state index in [9.17, 15) is 4.79 Å². The van der Waals surface area contributed by atoms with E-state index in [0.29, 0.717) is 6.04 Å². The first kappa shape index (κ1) is 14.5. The summed E-state index contributed by atoms with van der Waals surface area (Å²) in [6, 6.07) is 0.445. The first-order valence-corrected chi connectivity index (χ1v) is 7.06. The Hall–Kier alpha value is -0.570. The molecule has 3 atom stereocenters. The molecule has 0 radical (unpaired) electrons. The van der Waals surface area contributed by atoms with Crippen LogP contribution >= 0.6 is 0 Å². The molecule has 0 aromatic carbocycles. The molecular weight excluding hydrogens is 212 g/mol. The average Bonchev–Trinajstić information content (AvgIpc) is 2.24. The molecule has 0 spiro atoms. The second-order valence-corrected chi connectivity index (χ2v) is 5.79. The van der Waals surface area contributed by atoms with Gasteiger partial charge in [-0.15, -0.1) is 0 Å². The molecule has 1 rings (SSSR count). The molecule has 0 aliphatic heterocycles. The van der Waals surface area contributed by atoms with Gasteiger partial charge in [-0.3, -0.25) is 4.79 Å². The predicted octanol–water partition coefficient (Wildman–Crippen LogP) is 2.32. The molecule has 3 heteroatoms. The van der Waals surface area contributed by atoms with E-state index >= 15 is 0 Å². The van der Waals surface area contributed by atoms with E-state index in [-0.39, 0.29) is 11.9 Å². The van der Waals surface area contributed by atoms with Gasteiger partial charge in [0.15, 0.2) is 0 Å². The third-order valence-corrected chi connectivity index (χ3v) is 3.61. The number of carbonyl (C=O) groups is 1. The van der Waals surface area contributed by atoms with Gasteiger partial charge in [0.1, 0.15) is 0 Å². The molecule has 0 bridgehead atoms. The van der Waals surface area contributed by atoms with Crippen molar-refractivity contribution in [3.63, 3.8) is 0 Å². The highest BCUT2D eigenvalue weighted by atomic mass is 16.2. The minimum absolute atomic E-state index is 0.0657. The highest BCUT2D eigenvalue weighted by molar-refractivity contribution is 5.81. The third kappa shape index (κ3) is 5.07. The van der Waals surface area contributed by atoms with Crippen molar-refractivity contribution in [2.24, 2.45) is 11.8 Å². The van der Waals surface area contributed by atoms with Crippen molar-refractivity contribution in [2.45, 2.75) is 65.5 Å². The van der Waals surface area contributed by atoms with Crippen LogP contribution < -0.4 is 10.6 Å². The van der Waals surface area contributed by atoms with Crippen molar-refractivity contribution >= 4 is 5.91 Å². The number of amides is 1. The molecule has 1 aliphatic rings. The SMILES string of the molecule is CCCNC(=O)C(C)NC1CC(C)CC(C)C1. The fraction of sp³-hybridized carbons (Fsp3) is 0.929. The van der Waals surface area contributed by atoms with Gasteiger partial charge < -0.3 is 10.6 Å². The van der Waals surface area contributed by atoms with Crippen LogP contribution in [0.25, 0.3) is 0 Å². The lowest BCUT2D eigenvalue weighted by Crippen LogP contribution is -2.48. The normalized spacial score (nSPS) is 30.9. The number of carbonyl (C=O) groups excluding carboxylic acids is 1. The van der Waals surface area contributed by atoms with E-state index in [2.05, 4.69) is 31.4 Å². The standard InChI is InChI=1S/C14H28N2O/c1-5-6-15-14(17)12(4)16-13-8-10(2)7-11(3)9-13/h10-13,16H,5-9H2,1-4H3,(H,15,17). The van der Waals surface area contributed by atoms with Gasteiger partial charge in [-0.25, -0.2) is 0 Å². The molecular formula is C14H28N2O. The molecule has 0 aromatic rings. The second-order valence-electron chi connectivity index (χ2n) is 5.79. The van der Waals surface area contributed by atoms with Gasteiger partial charge in [0.2, 0.25) is 5.91 Å². The van der Waals surface area contributed by atoms with Gasteiger partial charge in [-0.1, -0.05) is 20.8 Å². The fourth-order valence-corrected chi connectivity index (χ4v) is 2.91. The van der Waals surface area contributed by atoms with Gasteiger partial charge in [-0.05, 0) is 44.4 Å². The van der Waals surface area contributed by atoms with Crippen LogP contribution in [0.4, 0.5) is 0 Å². The zero-order chi connectivity index (χ0) is 12.8. The Balaban J connectivity index is 2.34. The zero-order valence-corrected chi connectivity index (χ0v) is 11.8. The lowest BCUT2D eigenvalue weighted by atomic mass is 9.80. The van der Waals surface area contributed by atoms with E-state index in [4.69, 9.17) is 0 Å². The summed E-state index contributed by atoms with van der Waals surface area (Å²) in [5, 5.41) is 6.42. The van der Waals surface area contributed by atoms with E-state index in [0.717, 1.165) is 24.8 Å². The smallest absolute Gasteiger partial charge is 0.236 e. The molecule has 1 aliphatic carbocycles. The molecule has 0 aromatic heterocycles. The molecule has 100 valence electrons. The van der Waals surface area contributed by atoms with E-state index in [1.807, 2.05) is 6.92 Å². The summed E-state index contributed by atoms with van der Waals surface area (Å²) >= 11 is 0. The first-order valence-electron chi connectivity index (χ1n) is 7.06. The quantitative estimate of drug-likeness (QED) is 0.774. The molecule has 0 saturated heterocycles. The van der Waals surface area contributed by atoms with E-state index in [1.165, 1.54) is 19.3 Å². The average molecular weight is 240 g/mol. The summed E-state index contributed by atoms with van der Waals surface area (Å²) in [6.45, 7) is 9.44. The Morgan fingerprint density at radius 1 is 1.24 bits per heavy atom. The lowest BCUT2D eigenvalue weighted by molar-refractivity contribution is -0.123. The van der Waals surface area contributed by atoms with Gasteiger partial charge >= 0.3 is 0 Å². The largest absolute Gasteiger partial charge is 0.355 e. The minimum atomic E-state index is -0.0657. The van der Waals surface area contributed by atoms with Gasteiger partial charge in [0, 0.05) is 12.6 Å². The maximum Gasteiger partial charge on any atom is 0.236 e. The Morgan fingerprint density at radius 3 is 2.35 bits per heavy atom. The highest BCUT2D eigenvalue weighted by Crippen LogP contribution is 2.28. The van der Waals surface area contributed by atoms with Crippen LogP contribution in [0.5, 0.6) is 0 Å². The molecule has 3 nitrogen and oxygen atoms in total. The van der Waals surface area contributed by atoms with Crippen LogP contribution in [0, 0.1) is 11.8 Å². The minimum Gasteiger partial charge on any atom is -0.355 e. The molecule has 1 fully saturated rings. The lowest BCUT2D eigenvalue weighted by Gasteiger charge is -2.33. The molecule has 1 saturated carbocycles. The van der Waals surface area contributed by atoms with Gasteiger partial charge in [-0.2, -0.15) is 0 Å². The summed E-state index contributed by atoms with van der Waals surface area (Å²) in [4.78, 5) is 11.8. The van der Waals surface area contributed by atoms with Crippen molar-refractivity contribution in [3.8, 4) is 0 Å². The van der Waals surface area contributed by atoms with Crippen LogP contribution in [-0.4, -0.2) is 24.5 Å². The van der Waals surface area contributed by atoms with Crippen molar-refractivity contribution in [3.05, 3.63) is 0 Å². The summed E-state index contributed by atoms with van der Waals surface area (Å²) < 4.78 is 0. The Kier molecular flexibility index (Phi) is 5.96. The number of hydrogen-bond donors (Lipinski definition) is 2. The first-order chi connectivity index (χ1) is 8.02. The summed E-state index contributed by atoms with van der Waals surface area (Å²) in [5.74, 6) is 1.70. The van der Waals surface area contributed by atoms with Crippen LogP contribution in [0.3, 0.4) is 0 Å². The highest BCUT2D eigenvalue weighted by Gasteiger charge is 2.26. The Labute approximate surface area is 106 Å². The zero-order valence-electron chi connectivity index (χ0n) is 11.8. The van der Waals surface area contributed by atoms with Crippen LogP contribution in [-0.2, 0) is 4.79 Å². The van der Waals surface area contributed by atoms with E-state index in [1.54, 1.807) is 0 Å². The van der Waals surface area contributed by atoms with Crippen molar-refractivity contribution < 1.29 is 4.79 Å². The topological polar surface area (TPSA) is 41.1 Å². The predicted molar refractivity (Wildman–Crippen MR) is 71.9 cm³/mol. The fourth-order valence-electron chi connectivity index (χ4n) is 2.91. The van der Waals surface area contributed by atoms with Crippen molar-refractivity contribution in [1.29, 1.82) is 0 Å². The molecule has 1 amide bonds. The number of rotatable bonds is 5. The third-order valence-electron chi connectivity index (χ3n) is 3.61. The summed E-state index contributed by atoms with van der Waals surface area (Å²) in [5.41, 5.74) is 0. The molecule has 0 heterocycles. The van der Waals surface area contributed by atoms with Crippen LogP contribution in [0.15, 0.2) is 0 Å². The second kappa shape index (κ2) is 7.00. The van der Waals surface area contributed by atoms with Crippen LogP contribution in [0.2, 0.25) is 0 Å². The Morgan fingerprint density at radius 2 is 1.82 bits per heavy atom. The van der Waals surface area contributed by atoms with Gasteiger partial charge in [0.25, 0.3) is 0 Å². The van der Waals surface area contributed by atoms with Crippen molar-refractivity contribution in [1.82, 2.24) is 10.6 Å². The van der Waals surface area contributed by atoms with Crippen molar-refractivity contribution in [2.75, 3.05) is 6.54 Å². The number of nitrogens with one attached hydrogen (secondary N) is 2. The monoisotopic (exact) mass is 240 g/mol. The summed E-state index contributed by atoms with van der Waals surface area (Å²) in [7, 11) is 0. The molecule has 2 N–H and O–H groups in total. The molecule has 17 heavy (non-hydrogen) atoms. The summed E-state index contributed by atoms with van der Waals surface area (Å²) in [6.07, 6.45) is 4.73. The van der Waals surface area contributed by atoms with Crippen LogP contribution in [0.1, 0.15) is 53.4 Å².